The van der Waals surface area contributed by atoms with Crippen LogP contribution >= 0.6 is 11.3 Å². The average molecular weight is 467 g/mol. The number of furan rings is 1. The number of aromatic nitrogens is 2. The second-order valence-electron chi connectivity index (χ2n) is 9.27. The Labute approximate surface area is 200 Å². The largest absolute Gasteiger partial charge is 0.461 e. The Morgan fingerprint density at radius 1 is 1.06 bits per heavy atom. The van der Waals surface area contributed by atoms with Crippen LogP contribution in [0.1, 0.15) is 68.7 Å². The lowest BCUT2D eigenvalue weighted by Crippen LogP contribution is -2.49. The zero-order chi connectivity index (χ0) is 22.6. The van der Waals surface area contributed by atoms with E-state index in [0.29, 0.717) is 23.9 Å². The molecule has 6 nitrogen and oxygen atoms in total. The van der Waals surface area contributed by atoms with Crippen molar-refractivity contribution in [3.05, 3.63) is 28.8 Å². The molecular formula is C26H34N4O2S. The summed E-state index contributed by atoms with van der Waals surface area (Å²) in [6, 6.07) is 3.81. The number of aryl methyl sites for hydroxylation is 2. The molecule has 1 saturated heterocycles. The van der Waals surface area contributed by atoms with Gasteiger partial charge in [0, 0.05) is 37.5 Å². The van der Waals surface area contributed by atoms with Crippen molar-refractivity contribution in [1.29, 1.82) is 0 Å². The third-order valence-corrected chi connectivity index (χ3v) is 8.15. The topological polar surface area (TPSA) is 62.5 Å². The highest BCUT2D eigenvalue weighted by Crippen LogP contribution is 2.41. The molecule has 1 aliphatic heterocycles. The summed E-state index contributed by atoms with van der Waals surface area (Å²) >= 11 is 1.83. The molecule has 0 N–H and O–H groups in total. The van der Waals surface area contributed by atoms with E-state index in [9.17, 15) is 4.79 Å². The van der Waals surface area contributed by atoms with Crippen molar-refractivity contribution in [1.82, 2.24) is 14.9 Å². The van der Waals surface area contributed by atoms with Crippen molar-refractivity contribution in [3.8, 4) is 11.6 Å². The zero-order valence-corrected chi connectivity index (χ0v) is 20.5. The number of hydrogen-bond donors (Lipinski definition) is 0. The van der Waals surface area contributed by atoms with Gasteiger partial charge >= 0.3 is 0 Å². The number of unbranched alkanes of at least 4 members (excludes halogenated alkanes) is 4. The minimum absolute atomic E-state index is 0.308. The van der Waals surface area contributed by atoms with Crippen LogP contribution in [0.2, 0.25) is 0 Å². The van der Waals surface area contributed by atoms with Gasteiger partial charge in [0.1, 0.15) is 10.6 Å². The Kier molecular flexibility index (Phi) is 6.95. The molecule has 3 aromatic rings. The van der Waals surface area contributed by atoms with Crippen LogP contribution in [-0.4, -0.2) is 47.0 Å². The van der Waals surface area contributed by atoms with Gasteiger partial charge in [-0.15, -0.1) is 11.3 Å². The summed E-state index contributed by atoms with van der Waals surface area (Å²) in [5.41, 5.74) is 1.45. The van der Waals surface area contributed by atoms with E-state index in [-0.39, 0.29) is 0 Å². The van der Waals surface area contributed by atoms with Crippen LogP contribution in [-0.2, 0) is 17.6 Å². The van der Waals surface area contributed by atoms with Crippen molar-refractivity contribution in [2.75, 3.05) is 31.1 Å². The maximum atomic E-state index is 12.7. The lowest BCUT2D eigenvalue weighted by Gasteiger charge is -2.36. The number of amides is 1. The molecule has 1 fully saturated rings. The van der Waals surface area contributed by atoms with Crippen LogP contribution in [0, 0.1) is 0 Å². The first-order chi connectivity index (χ1) is 16.2. The normalized spacial score (nSPS) is 16.4. The van der Waals surface area contributed by atoms with E-state index in [1.165, 1.54) is 47.9 Å². The summed E-state index contributed by atoms with van der Waals surface area (Å²) in [6.07, 6.45) is 13.0. The van der Waals surface area contributed by atoms with Crippen LogP contribution in [0.15, 0.2) is 22.8 Å². The van der Waals surface area contributed by atoms with Gasteiger partial charge in [0.25, 0.3) is 0 Å². The third kappa shape index (κ3) is 4.79. The first-order valence-electron chi connectivity index (χ1n) is 12.6. The lowest BCUT2D eigenvalue weighted by molar-refractivity contribution is -0.131. The summed E-state index contributed by atoms with van der Waals surface area (Å²) < 4.78 is 5.63. The Morgan fingerprint density at radius 2 is 1.88 bits per heavy atom. The van der Waals surface area contributed by atoms with Gasteiger partial charge in [-0.25, -0.2) is 9.97 Å². The monoisotopic (exact) mass is 466 g/mol. The minimum Gasteiger partial charge on any atom is -0.461 e. The molecule has 0 saturated carbocycles. The second-order valence-corrected chi connectivity index (χ2v) is 10.4. The summed E-state index contributed by atoms with van der Waals surface area (Å²) in [7, 11) is 0. The Bertz CT molecular complexity index is 1080. The molecule has 1 aliphatic carbocycles. The van der Waals surface area contributed by atoms with Gasteiger partial charge in [0.2, 0.25) is 5.91 Å². The van der Waals surface area contributed by atoms with Crippen LogP contribution in [0.3, 0.4) is 0 Å². The molecular weight excluding hydrogens is 432 g/mol. The molecule has 0 spiro atoms. The van der Waals surface area contributed by atoms with Crippen molar-refractivity contribution in [3.63, 3.8) is 0 Å². The number of rotatable bonds is 8. The van der Waals surface area contributed by atoms with E-state index in [1.54, 1.807) is 6.26 Å². The third-order valence-electron chi connectivity index (χ3n) is 6.96. The predicted molar refractivity (Wildman–Crippen MR) is 134 cm³/mol. The van der Waals surface area contributed by atoms with Gasteiger partial charge in [-0.1, -0.05) is 32.6 Å². The zero-order valence-electron chi connectivity index (χ0n) is 19.6. The molecule has 176 valence electrons. The average Bonchev–Trinajstić information content (AvgIpc) is 3.51. The predicted octanol–water partition coefficient (Wildman–Crippen LogP) is 5.84. The van der Waals surface area contributed by atoms with Gasteiger partial charge in [-0.3, -0.25) is 4.79 Å². The van der Waals surface area contributed by atoms with Crippen molar-refractivity contribution in [2.24, 2.45) is 0 Å². The quantitative estimate of drug-likeness (QED) is 0.390. The SMILES string of the molecule is CCCCCCCC(=O)N1CCN(c2nc(-c3ccco3)nc3sc4c(c23)CCCC4)CC1. The van der Waals surface area contributed by atoms with Gasteiger partial charge in [0.15, 0.2) is 11.6 Å². The molecule has 0 atom stereocenters. The number of carbonyl (C=O) groups is 1. The fourth-order valence-corrected chi connectivity index (χ4v) is 6.34. The molecule has 33 heavy (non-hydrogen) atoms. The first kappa shape index (κ1) is 22.4. The molecule has 1 amide bonds. The van der Waals surface area contributed by atoms with Gasteiger partial charge in [0.05, 0.1) is 11.6 Å². The Hall–Kier alpha value is -2.41. The van der Waals surface area contributed by atoms with Gasteiger partial charge < -0.3 is 14.2 Å². The number of nitrogens with zero attached hydrogens (tertiary/aromatic N) is 4. The summed E-state index contributed by atoms with van der Waals surface area (Å²) in [6.45, 7) is 5.38. The smallest absolute Gasteiger partial charge is 0.222 e. The van der Waals surface area contributed by atoms with E-state index in [4.69, 9.17) is 14.4 Å². The maximum Gasteiger partial charge on any atom is 0.222 e. The molecule has 5 rings (SSSR count). The van der Waals surface area contributed by atoms with Crippen LogP contribution in [0.25, 0.3) is 21.8 Å². The molecule has 3 aromatic heterocycles. The molecule has 0 aromatic carbocycles. The minimum atomic E-state index is 0.308. The standard InChI is InChI=1S/C26H34N4O2S/c1-2-3-4-5-6-13-22(31)29-14-16-30(17-15-29)25-23-19-10-7-8-12-21(19)33-26(23)28-24(27-25)20-11-9-18-32-20/h9,11,18H,2-8,10,12-17H2,1H3. The van der Waals surface area contributed by atoms with Crippen molar-refractivity contribution >= 4 is 33.3 Å². The van der Waals surface area contributed by atoms with Crippen LogP contribution < -0.4 is 4.90 Å². The fourth-order valence-electron chi connectivity index (χ4n) is 5.09. The van der Waals surface area contributed by atoms with Crippen LogP contribution in [0.4, 0.5) is 5.82 Å². The van der Waals surface area contributed by atoms with Crippen LogP contribution in [0.5, 0.6) is 0 Å². The molecule has 2 aliphatic rings. The van der Waals surface area contributed by atoms with Gasteiger partial charge in [-0.05, 0) is 49.8 Å². The maximum absolute atomic E-state index is 12.7. The van der Waals surface area contributed by atoms with E-state index in [0.717, 1.165) is 62.5 Å². The Balaban J connectivity index is 1.34. The number of piperazine rings is 1. The van der Waals surface area contributed by atoms with Crippen molar-refractivity contribution in [2.45, 2.75) is 71.1 Å². The molecule has 4 heterocycles. The highest BCUT2D eigenvalue weighted by Gasteiger charge is 2.27. The fraction of sp³-hybridized carbons (Fsp3) is 0.577. The summed E-state index contributed by atoms with van der Waals surface area (Å²) in [5.74, 6) is 2.70. The summed E-state index contributed by atoms with van der Waals surface area (Å²) in [4.78, 5) is 29.6. The van der Waals surface area contributed by atoms with Crippen molar-refractivity contribution < 1.29 is 9.21 Å². The Morgan fingerprint density at radius 3 is 2.67 bits per heavy atom. The number of hydrogen-bond acceptors (Lipinski definition) is 6. The van der Waals surface area contributed by atoms with E-state index in [2.05, 4.69) is 11.8 Å². The highest BCUT2D eigenvalue weighted by molar-refractivity contribution is 7.19. The molecule has 0 unspecified atom stereocenters. The molecule has 0 radical (unpaired) electrons. The highest BCUT2D eigenvalue weighted by atomic mass is 32.1. The number of anilines is 1. The second kappa shape index (κ2) is 10.2. The lowest BCUT2D eigenvalue weighted by atomic mass is 9.97. The van der Waals surface area contributed by atoms with E-state index >= 15 is 0 Å². The van der Waals surface area contributed by atoms with E-state index < -0.39 is 0 Å². The first-order valence-corrected chi connectivity index (χ1v) is 13.4. The molecule has 7 heteroatoms. The number of carbonyl (C=O) groups excluding carboxylic acids is 1. The summed E-state index contributed by atoms with van der Waals surface area (Å²) in [5, 5.41) is 1.24. The number of thiophene rings is 1. The number of fused-ring (bicyclic) bond motifs is 3. The molecule has 0 bridgehead atoms. The van der Waals surface area contributed by atoms with Gasteiger partial charge in [-0.2, -0.15) is 0 Å². The van der Waals surface area contributed by atoms with E-state index in [1.807, 2.05) is 28.4 Å².